The molecule has 1 saturated heterocycles. The molecule has 1 aliphatic heterocycles. The molecule has 1 heterocycles. The maximum Gasteiger partial charge on any atom is 0.406 e. The lowest BCUT2D eigenvalue weighted by molar-refractivity contribution is -0.244. The van der Waals surface area contributed by atoms with Crippen LogP contribution in [0.15, 0.2) is 30.3 Å². The Labute approximate surface area is 127 Å². The van der Waals surface area contributed by atoms with E-state index in [1.54, 1.807) is 0 Å². The first-order valence-electron chi connectivity index (χ1n) is 7.58. The minimum Gasteiger partial charge on any atom is -0.348 e. The molecule has 0 amide bonds. The van der Waals surface area contributed by atoms with E-state index in [0.29, 0.717) is 13.2 Å². The van der Waals surface area contributed by atoms with Gasteiger partial charge in [0.15, 0.2) is 5.79 Å². The van der Waals surface area contributed by atoms with Crippen LogP contribution in [0.2, 0.25) is 0 Å². The number of alkyl halides is 3. The van der Waals surface area contributed by atoms with E-state index in [-0.39, 0.29) is 32.2 Å². The average Bonchev–Trinajstić information content (AvgIpc) is 2.95. The van der Waals surface area contributed by atoms with E-state index in [4.69, 9.17) is 9.47 Å². The smallest absolute Gasteiger partial charge is 0.348 e. The van der Waals surface area contributed by atoms with E-state index < -0.39 is 17.5 Å². The molecule has 0 atom stereocenters. The maximum absolute atomic E-state index is 13.6. The number of hydrogen-bond acceptors (Lipinski definition) is 3. The molecule has 122 valence electrons. The first-order valence-corrected chi connectivity index (χ1v) is 7.58. The van der Waals surface area contributed by atoms with E-state index in [1.165, 1.54) is 0 Å². The van der Waals surface area contributed by atoms with E-state index in [1.807, 2.05) is 30.3 Å². The third kappa shape index (κ3) is 3.00. The standard InChI is InChI=1S/C16H20F3NO2/c17-16(18,19)14(20-12-13-4-2-1-3-5-13)6-8-15(9-7-14)21-10-11-22-15/h1-5,20H,6-12H2. The highest BCUT2D eigenvalue weighted by molar-refractivity contribution is 5.15. The molecule has 0 radical (unpaired) electrons. The zero-order valence-electron chi connectivity index (χ0n) is 12.3. The van der Waals surface area contributed by atoms with Crippen molar-refractivity contribution < 1.29 is 22.6 Å². The maximum atomic E-state index is 13.6. The Morgan fingerprint density at radius 2 is 1.55 bits per heavy atom. The van der Waals surface area contributed by atoms with E-state index in [9.17, 15) is 13.2 Å². The summed E-state index contributed by atoms with van der Waals surface area (Å²) in [6.45, 7) is 1.14. The molecule has 0 aromatic heterocycles. The van der Waals surface area contributed by atoms with Crippen molar-refractivity contribution in [3.05, 3.63) is 35.9 Å². The van der Waals surface area contributed by atoms with Crippen molar-refractivity contribution in [2.45, 2.75) is 49.7 Å². The molecule has 3 nitrogen and oxygen atoms in total. The van der Waals surface area contributed by atoms with Gasteiger partial charge in [0.2, 0.25) is 0 Å². The van der Waals surface area contributed by atoms with Crippen LogP contribution in [0.5, 0.6) is 0 Å². The van der Waals surface area contributed by atoms with Crippen molar-refractivity contribution in [3.63, 3.8) is 0 Å². The Kier molecular flexibility index (Phi) is 4.18. The van der Waals surface area contributed by atoms with Crippen molar-refractivity contribution in [1.82, 2.24) is 5.32 Å². The molecule has 2 fully saturated rings. The molecule has 3 rings (SSSR count). The Hall–Kier alpha value is -1.11. The first-order chi connectivity index (χ1) is 10.4. The predicted octanol–water partition coefficient (Wildman–Crippen LogP) is 3.39. The summed E-state index contributed by atoms with van der Waals surface area (Å²) in [5, 5.41) is 2.76. The Morgan fingerprint density at radius 1 is 0.955 bits per heavy atom. The summed E-state index contributed by atoms with van der Waals surface area (Å²) < 4.78 is 52.0. The lowest BCUT2D eigenvalue weighted by atomic mass is 9.78. The minimum absolute atomic E-state index is 0.0245. The second-order valence-corrected chi connectivity index (χ2v) is 6.03. The molecule has 1 spiro atoms. The van der Waals surface area contributed by atoms with E-state index in [2.05, 4.69) is 5.32 Å². The lowest BCUT2D eigenvalue weighted by Gasteiger charge is -2.45. The molecule has 0 bridgehead atoms. The van der Waals surface area contributed by atoms with Gasteiger partial charge in [0.25, 0.3) is 0 Å². The SMILES string of the molecule is FC(F)(F)C1(NCc2ccccc2)CCC2(CC1)OCCO2. The monoisotopic (exact) mass is 315 g/mol. The van der Waals surface area contributed by atoms with Crippen LogP contribution in [0, 0.1) is 0 Å². The van der Waals surface area contributed by atoms with Gasteiger partial charge in [-0.1, -0.05) is 30.3 Å². The topological polar surface area (TPSA) is 30.5 Å². The van der Waals surface area contributed by atoms with Crippen molar-refractivity contribution in [1.29, 1.82) is 0 Å². The summed E-state index contributed by atoms with van der Waals surface area (Å²) in [4.78, 5) is 0. The fourth-order valence-corrected chi connectivity index (χ4v) is 3.27. The number of nitrogens with one attached hydrogen (secondary N) is 1. The van der Waals surface area contributed by atoms with Crippen LogP contribution in [-0.2, 0) is 16.0 Å². The molecule has 1 aliphatic carbocycles. The zero-order valence-corrected chi connectivity index (χ0v) is 12.3. The average molecular weight is 315 g/mol. The minimum atomic E-state index is -4.29. The highest BCUT2D eigenvalue weighted by Crippen LogP contribution is 2.47. The number of ether oxygens (including phenoxy) is 2. The van der Waals surface area contributed by atoms with Crippen LogP contribution in [0.25, 0.3) is 0 Å². The van der Waals surface area contributed by atoms with Gasteiger partial charge in [0.05, 0.1) is 13.2 Å². The largest absolute Gasteiger partial charge is 0.406 e. The first kappa shape index (κ1) is 15.8. The van der Waals surface area contributed by atoms with Crippen LogP contribution < -0.4 is 5.32 Å². The van der Waals surface area contributed by atoms with Crippen molar-refractivity contribution in [2.24, 2.45) is 0 Å². The van der Waals surface area contributed by atoms with Crippen LogP contribution in [0.3, 0.4) is 0 Å². The van der Waals surface area contributed by atoms with Crippen molar-refractivity contribution in [3.8, 4) is 0 Å². The van der Waals surface area contributed by atoms with Crippen LogP contribution in [-0.4, -0.2) is 30.7 Å². The van der Waals surface area contributed by atoms with Crippen LogP contribution >= 0.6 is 0 Å². The van der Waals surface area contributed by atoms with Crippen molar-refractivity contribution >= 4 is 0 Å². The summed E-state index contributed by atoms with van der Waals surface area (Å²) in [6.07, 6.45) is -3.79. The second kappa shape index (κ2) is 5.83. The van der Waals surface area contributed by atoms with Crippen LogP contribution in [0.4, 0.5) is 13.2 Å². The molecule has 0 unspecified atom stereocenters. The molecule has 6 heteroatoms. The number of hydrogen-bond donors (Lipinski definition) is 1. The zero-order chi connectivity index (χ0) is 15.7. The van der Waals surface area contributed by atoms with Gasteiger partial charge in [-0.15, -0.1) is 0 Å². The van der Waals surface area contributed by atoms with Crippen molar-refractivity contribution in [2.75, 3.05) is 13.2 Å². The summed E-state index contributed by atoms with van der Waals surface area (Å²) in [6, 6.07) is 9.15. The molecular formula is C16H20F3NO2. The van der Waals surface area contributed by atoms with Gasteiger partial charge >= 0.3 is 6.18 Å². The lowest BCUT2D eigenvalue weighted by Crippen LogP contribution is -2.60. The number of halogens is 3. The summed E-state index contributed by atoms with van der Waals surface area (Å²) in [5.74, 6) is -0.789. The number of benzene rings is 1. The molecule has 2 aliphatic rings. The molecule has 1 N–H and O–H groups in total. The Balaban J connectivity index is 1.70. The van der Waals surface area contributed by atoms with Crippen LogP contribution in [0.1, 0.15) is 31.2 Å². The molecule has 1 aromatic rings. The molecule has 1 saturated carbocycles. The highest BCUT2D eigenvalue weighted by atomic mass is 19.4. The van der Waals surface area contributed by atoms with Gasteiger partial charge < -0.3 is 9.47 Å². The third-order valence-corrected chi connectivity index (χ3v) is 4.70. The molecule has 1 aromatic carbocycles. The van der Waals surface area contributed by atoms with Gasteiger partial charge in [-0.3, -0.25) is 5.32 Å². The van der Waals surface area contributed by atoms with E-state index in [0.717, 1.165) is 5.56 Å². The second-order valence-electron chi connectivity index (χ2n) is 6.03. The normalized spacial score (nSPS) is 23.8. The summed E-state index contributed by atoms with van der Waals surface area (Å²) in [7, 11) is 0. The quantitative estimate of drug-likeness (QED) is 0.927. The van der Waals surface area contributed by atoms with Gasteiger partial charge in [-0.2, -0.15) is 13.2 Å². The van der Waals surface area contributed by atoms with Gasteiger partial charge in [-0.25, -0.2) is 0 Å². The third-order valence-electron chi connectivity index (χ3n) is 4.70. The number of rotatable bonds is 3. The van der Waals surface area contributed by atoms with Gasteiger partial charge in [0, 0.05) is 19.4 Å². The molecule has 22 heavy (non-hydrogen) atoms. The van der Waals surface area contributed by atoms with Gasteiger partial charge in [0.1, 0.15) is 5.54 Å². The molecular weight excluding hydrogens is 295 g/mol. The predicted molar refractivity (Wildman–Crippen MR) is 75.2 cm³/mol. The van der Waals surface area contributed by atoms with Gasteiger partial charge in [-0.05, 0) is 18.4 Å². The fraction of sp³-hybridized carbons (Fsp3) is 0.625. The fourth-order valence-electron chi connectivity index (χ4n) is 3.27. The van der Waals surface area contributed by atoms with E-state index >= 15 is 0 Å². The summed E-state index contributed by atoms with van der Waals surface area (Å²) >= 11 is 0. The highest BCUT2D eigenvalue weighted by Gasteiger charge is 2.58. The summed E-state index contributed by atoms with van der Waals surface area (Å²) in [5.41, 5.74) is -1.01. The Morgan fingerprint density at radius 3 is 2.09 bits per heavy atom. The Bertz CT molecular complexity index is 488.